The van der Waals surface area contributed by atoms with Crippen molar-refractivity contribution in [1.82, 2.24) is 10.2 Å². The summed E-state index contributed by atoms with van der Waals surface area (Å²) >= 11 is 0. The van der Waals surface area contributed by atoms with Gasteiger partial charge >= 0.3 is 6.03 Å². The van der Waals surface area contributed by atoms with E-state index in [0.29, 0.717) is 24.3 Å². The highest BCUT2D eigenvalue weighted by molar-refractivity contribution is 5.89. The molecule has 7 nitrogen and oxygen atoms in total. The summed E-state index contributed by atoms with van der Waals surface area (Å²) in [6, 6.07) is 13.7. The van der Waals surface area contributed by atoms with Crippen LogP contribution in [0.1, 0.15) is 50.2 Å². The van der Waals surface area contributed by atoms with Crippen LogP contribution in [0.2, 0.25) is 0 Å². The molecular weight excluding hydrogens is 478 g/mol. The second kappa shape index (κ2) is 8.88. The number of benzene rings is 2. The van der Waals surface area contributed by atoms with E-state index in [1.807, 2.05) is 36.4 Å². The van der Waals surface area contributed by atoms with Gasteiger partial charge in [0.1, 0.15) is 12.2 Å². The van der Waals surface area contributed by atoms with Gasteiger partial charge in [0.05, 0.1) is 0 Å². The van der Waals surface area contributed by atoms with E-state index in [1.54, 1.807) is 7.11 Å². The number of phenolic OH excluding ortho intramolecular Hbond substituents is 1. The van der Waals surface area contributed by atoms with Crippen molar-refractivity contribution >= 4 is 11.7 Å². The molecule has 6 atom stereocenters. The Balaban J connectivity index is 1.25. The highest BCUT2D eigenvalue weighted by Gasteiger charge is 2.64. The molecule has 2 saturated carbocycles. The van der Waals surface area contributed by atoms with Crippen molar-refractivity contribution in [2.45, 2.75) is 69.1 Å². The Morgan fingerprint density at radius 3 is 2.76 bits per heavy atom. The molecule has 3 N–H and O–H groups in total. The van der Waals surface area contributed by atoms with E-state index in [4.69, 9.17) is 9.47 Å². The smallest absolute Gasteiger partial charge is 0.319 e. The standard InChI is InChI=1S/C31H39N3O4/c1-30(18-32-29(36)33-22-6-4-3-5-7-22)15-21-16-31-12-13-34(17-19-8-9-19)23(21)14-20-10-11-24(35)26(25(20)31)38-28(31)27(30)37-2/h3-7,10-11,19,21,23,27-28,35H,8-9,12-18H2,1-2H3,(H2,32,33,36)/t21?,23-,27?,28+,30+,31+/m1/s1. The van der Waals surface area contributed by atoms with Crippen LogP contribution >= 0.6 is 0 Å². The highest BCUT2D eigenvalue weighted by Crippen LogP contribution is 2.63. The van der Waals surface area contributed by atoms with Crippen LogP contribution in [0.15, 0.2) is 42.5 Å². The predicted molar refractivity (Wildman–Crippen MR) is 146 cm³/mol. The molecular formula is C31H39N3O4. The summed E-state index contributed by atoms with van der Waals surface area (Å²) in [5, 5.41) is 17.1. The second-order valence-electron chi connectivity index (χ2n) is 12.8. The van der Waals surface area contributed by atoms with Gasteiger partial charge in [0.25, 0.3) is 0 Å². The molecule has 202 valence electrons. The number of methoxy groups -OCH3 is 1. The van der Waals surface area contributed by atoms with Crippen LogP contribution < -0.4 is 15.4 Å². The minimum atomic E-state index is -0.337. The Labute approximate surface area is 224 Å². The number of carbonyl (C=O) groups is 1. The van der Waals surface area contributed by atoms with E-state index in [-0.39, 0.29) is 34.8 Å². The van der Waals surface area contributed by atoms with Crippen molar-refractivity contribution in [2.75, 3.05) is 32.1 Å². The molecule has 2 amide bonds. The van der Waals surface area contributed by atoms with Crippen LogP contribution in [0.4, 0.5) is 10.5 Å². The van der Waals surface area contributed by atoms with Crippen molar-refractivity contribution < 1.29 is 19.4 Å². The fraction of sp³-hybridized carbons (Fsp3) is 0.581. The minimum Gasteiger partial charge on any atom is -0.504 e. The third-order valence-corrected chi connectivity index (χ3v) is 10.2. The normalized spacial score (nSPS) is 35.1. The molecule has 7 rings (SSSR count). The quantitative estimate of drug-likeness (QED) is 0.518. The van der Waals surface area contributed by atoms with Gasteiger partial charge in [0.15, 0.2) is 11.5 Å². The Bertz CT molecular complexity index is 1230. The number of rotatable bonds is 6. The first kappa shape index (κ1) is 24.3. The average Bonchev–Trinajstić information content (AvgIpc) is 3.71. The summed E-state index contributed by atoms with van der Waals surface area (Å²) in [5.41, 5.74) is 2.82. The van der Waals surface area contributed by atoms with Gasteiger partial charge < -0.3 is 25.2 Å². The fourth-order valence-corrected chi connectivity index (χ4v) is 8.41. The summed E-state index contributed by atoms with van der Waals surface area (Å²) in [7, 11) is 1.78. The molecule has 0 radical (unpaired) electrons. The van der Waals surface area contributed by atoms with Crippen molar-refractivity contribution in [3.05, 3.63) is 53.6 Å². The van der Waals surface area contributed by atoms with Gasteiger partial charge in [0, 0.05) is 48.3 Å². The summed E-state index contributed by atoms with van der Waals surface area (Å²) in [6.45, 7) is 4.99. The van der Waals surface area contributed by atoms with Gasteiger partial charge in [0.2, 0.25) is 0 Å². The number of nitrogens with one attached hydrogen (secondary N) is 2. The van der Waals surface area contributed by atoms with Crippen molar-refractivity contribution in [2.24, 2.45) is 17.3 Å². The number of hydrogen-bond donors (Lipinski definition) is 3. The number of hydrogen-bond acceptors (Lipinski definition) is 5. The maximum atomic E-state index is 12.9. The summed E-state index contributed by atoms with van der Waals surface area (Å²) in [5.74, 6) is 2.19. The summed E-state index contributed by atoms with van der Waals surface area (Å²) in [4.78, 5) is 15.7. The number of para-hydroxylation sites is 1. The molecule has 3 bridgehead atoms. The average molecular weight is 518 g/mol. The maximum absolute atomic E-state index is 12.9. The van der Waals surface area contributed by atoms with Gasteiger partial charge in [-0.25, -0.2) is 4.79 Å². The van der Waals surface area contributed by atoms with Crippen molar-refractivity contribution in [3.8, 4) is 11.5 Å². The molecule has 38 heavy (non-hydrogen) atoms. The van der Waals surface area contributed by atoms with Crippen LogP contribution in [0.5, 0.6) is 11.5 Å². The molecule has 2 aromatic carbocycles. The second-order valence-corrected chi connectivity index (χ2v) is 12.8. The van der Waals surface area contributed by atoms with Crippen molar-refractivity contribution in [3.63, 3.8) is 0 Å². The van der Waals surface area contributed by atoms with Crippen LogP contribution in [0.25, 0.3) is 0 Å². The number of anilines is 1. The first-order valence-corrected chi connectivity index (χ1v) is 14.3. The molecule has 2 heterocycles. The lowest BCUT2D eigenvalue weighted by Gasteiger charge is -2.45. The Hall–Kier alpha value is -2.77. The molecule has 2 aromatic rings. The number of likely N-dealkylation sites (tertiary alicyclic amines) is 1. The van der Waals surface area contributed by atoms with Crippen LogP contribution in [-0.4, -0.2) is 61.0 Å². The lowest BCUT2D eigenvalue weighted by atomic mass is 9.67. The number of aromatic hydroxyl groups is 1. The molecule has 2 unspecified atom stereocenters. The third kappa shape index (κ3) is 3.81. The number of ether oxygens (including phenoxy) is 2. The van der Waals surface area contributed by atoms with E-state index in [9.17, 15) is 9.90 Å². The van der Waals surface area contributed by atoms with Crippen LogP contribution in [0.3, 0.4) is 0 Å². The SMILES string of the molecule is COC1[C@@H]2Oc3c(O)ccc4c3[C@@]23CCN(CC2CC2)[C@H](C4)C(C[C@@]1(C)CNC(=O)Nc1ccccc1)C3. The van der Waals surface area contributed by atoms with Crippen LogP contribution in [-0.2, 0) is 16.6 Å². The topological polar surface area (TPSA) is 83.1 Å². The highest BCUT2D eigenvalue weighted by atomic mass is 16.5. The predicted octanol–water partition coefficient (Wildman–Crippen LogP) is 4.68. The Morgan fingerprint density at radius 2 is 2.00 bits per heavy atom. The maximum Gasteiger partial charge on any atom is 0.319 e. The van der Waals surface area contributed by atoms with Gasteiger partial charge in [-0.3, -0.25) is 4.90 Å². The van der Waals surface area contributed by atoms with E-state index < -0.39 is 0 Å². The largest absolute Gasteiger partial charge is 0.504 e. The molecule has 2 aliphatic heterocycles. The fourth-order valence-electron chi connectivity index (χ4n) is 8.41. The van der Waals surface area contributed by atoms with Gasteiger partial charge in [-0.2, -0.15) is 0 Å². The van der Waals surface area contributed by atoms with Crippen LogP contribution in [0, 0.1) is 17.3 Å². The van der Waals surface area contributed by atoms with E-state index in [1.165, 1.54) is 30.5 Å². The lowest BCUT2D eigenvalue weighted by molar-refractivity contribution is -0.0876. The monoisotopic (exact) mass is 517 g/mol. The Morgan fingerprint density at radius 1 is 1.18 bits per heavy atom. The molecule has 3 fully saturated rings. The zero-order valence-corrected chi connectivity index (χ0v) is 22.4. The van der Waals surface area contributed by atoms with Gasteiger partial charge in [-0.15, -0.1) is 0 Å². The molecule has 5 aliphatic rings. The van der Waals surface area contributed by atoms with E-state index in [0.717, 1.165) is 43.8 Å². The van der Waals surface area contributed by atoms with Gasteiger partial charge in [-0.1, -0.05) is 31.2 Å². The number of amides is 2. The molecule has 7 heteroatoms. The number of carbonyl (C=O) groups excluding carboxylic acids is 1. The third-order valence-electron chi connectivity index (χ3n) is 10.2. The number of urea groups is 1. The van der Waals surface area contributed by atoms with Crippen molar-refractivity contribution in [1.29, 1.82) is 0 Å². The molecule has 3 aliphatic carbocycles. The summed E-state index contributed by atoms with van der Waals surface area (Å²) < 4.78 is 13.1. The lowest BCUT2D eigenvalue weighted by Crippen LogP contribution is -2.56. The number of nitrogens with zero attached hydrogens (tertiary/aromatic N) is 1. The number of phenols is 1. The van der Waals surface area contributed by atoms with E-state index in [2.05, 4.69) is 28.5 Å². The Kier molecular flexibility index (Phi) is 5.68. The summed E-state index contributed by atoms with van der Waals surface area (Å²) in [6.07, 6.45) is 6.28. The molecule has 1 saturated heterocycles. The zero-order chi connectivity index (χ0) is 26.1. The van der Waals surface area contributed by atoms with E-state index >= 15 is 0 Å². The first-order valence-electron chi connectivity index (χ1n) is 14.3. The van der Waals surface area contributed by atoms with Gasteiger partial charge in [-0.05, 0) is 80.7 Å². The minimum absolute atomic E-state index is 0.189. The first-order chi connectivity index (χ1) is 18.4. The molecule has 1 spiro atoms. The molecule has 0 aromatic heterocycles. The zero-order valence-electron chi connectivity index (χ0n) is 22.4.